The second-order valence-electron chi connectivity index (χ2n) is 7.58. The van der Waals surface area contributed by atoms with Crippen molar-refractivity contribution in [1.29, 1.82) is 0 Å². The average Bonchev–Trinajstić information content (AvgIpc) is 2.77. The highest BCUT2D eigenvalue weighted by molar-refractivity contribution is 7.89. The molecule has 0 aliphatic carbocycles. The fraction of sp³-hybridized carbons (Fsp3) is 0.364. The number of amides is 1. The van der Waals surface area contributed by atoms with Gasteiger partial charge in [0.05, 0.1) is 29.9 Å². The van der Waals surface area contributed by atoms with Crippen molar-refractivity contribution in [2.24, 2.45) is 0 Å². The summed E-state index contributed by atoms with van der Waals surface area (Å²) in [5, 5.41) is 2.57. The number of carbonyl (C=O) groups excluding carboxylic acids is 2. The van der Waals surface area contributed by atoms with Crippen LogP contribution in [0.25, 0.3) is 0 Å². The smallest absolute Gasteiger partial charge is 0.338 e. The van der Waals surface area contributed by atoms with Gasteiger partial charge in [0.25, 0.3) is 5.91 Å². The van der Waals surface area contributed by atoms with Crippen LogP contribution in [0, 0.1) is 0 Å². The van der Waals surface area contributed by atoms with Crippen LogP contribution >= 0.6 is 11.6 Å². The molecule has 0 bridgehead atoms. The first-order valence-corrected chi connectivity index (χ1v) is 12.0. The monoisotopic (exact) mass is 496 g/mol. The molecule has 9 nitrogen and oxygen atoms in total. The topological polar surface area (TPSA) is 111 Å². The normalized spacial score (nSPS) is 19.0. The maximum Gasteiger partial charge on any atom is 0.338 e. The Morgan fingerprint density at radius 2 is 1.85 bits per heavy atom. The minimum absolute atomic E-state index is 0.0193. The Morgan fingerprint density at radius 3 is 2.52 bits per heavy atom. The van der Waals surface area contributed by atoms with Gasteiger partial charge in [-0.3, -0.25) is 4.79 Å². The molecular formula is C22H25ClN2O7S. The second kappa shape index (κ2) is 10.5. The summed E-state index contributed by atoms with van der Waals surface area (Å²) in [6.45, 7) is 3.35. The molecular weight excluding hydrogens is 472 g/mol. The molecule has 0 saturated carbocycles. The van der Waals surface area contributed by atoms with Gasteiger partial charge in [0.1, 0.15) is 10.6 Å². The highest BCUT2D eigenvalue weighted by Gasteiger charge is 2.34. The third-order valence-corrected chi connectivity index (χ3v) is 7.17. The molecule has 1 N–H and O–H groups in total. The number of rotatable bonds is 7. The lowest BCUT2D eigenvalue weighted by Crippen LogP contribution is -2.48. The lowest BCUT2D eigenvalue weighted by Gasteiger charge is -2.34. The molecule has 2 aromatic rings. The number of sulfonamides is 1. The van der Waals surface area contributed by atoms with Crippen molar-refractivity contribution in [3.8, 4) is 5.75 Å². The first-order chi connectivity index (χ1) is 15.6. The van der Waals surface area contributed by atoms with Gasteiger partial charge in [-0.15, -0.1) is 0 Å². The van der Waals surface area contributed by atoms with Crippen molar-refractivity contribution in [2.75, 3.05) is 32.1 Å². The molecule has 1 aliphatic heterocycles. The van der Waals surface area contributed by atoms with Gasteiger partial charge in [-0.2, -0.15) is 4.31 Å². The summed E-state index contributed by atoms with van der Waals surface area (Å²) in [7, 11) is -2.47. The van der Waals surface area contributed by atoms with Crippen LogP contribution in [-0.4, -0.2) is 63.6 Å². The van der Waals surface area contributed by atoms with Crippen molar-refractivity contribution in [2.45, 2.75) is 31.0 Å². The molecule has 3 rings (SSSR count). The number of ether oxygens (including phenoxy) is 3. The molecule has 1 amide bonds. The van der Waals surface area contributed by atoms with E-state index >= 15 is 0 Å². The summed E-state index contributed by atoms with van der Waals surface area (Å²) in [5.74, 6) is -0.855. The number of carbonyl (C=O) groups is 2. The van der Waals surface area contributed by atoms with Crippen LogP contribution in [0.3, 0.4) is 0 Å². The Kier molecular flexibility index (Phi) is 7.96. The molecule has 2 aromatic carbocycles. The number of nitrogens with one attached hydrogen (secondary N) is 1. The first-order valence-electron chi connectivity index (χ1n) is 10.2. The van der Waals surface area contributed by atoms with Crippen LogP contribution in [0.15, 0.2) is 47.4 Å². The number of nitrogens with zero attached hydrogens (tertiary/aromatic N) is 1. The lowest BCUT2D eigenvalue weighted by atomic mass is 10.2. The lowest BCUT2D eigenvalue weighted by molar-refractivity contribution is -0.119. The van der Waals surface area contributed by atoms with Crippen LogP contribution < -0.4 is 10.1 Å². The van der Waals surface area contributed by atoms with Crippen LogP contribution in [0.2, 0.25) is 5.02 Å². The van der Waals surface area contributed by atoms with Crippen LogP contribution in [0.4, 0.5) is 5.69 Å². The van der Waals surface area contributed by atoms with E-state index in [0.29, 0.717) is 11.4 Å². The quantitative estimate of drug-likeness (QED) is 0.586. The minimum atomic E-state index is -3.97. The van der Waals surface area contributed by atoms with Crippen molar-refractivity contribution >= 4 is 39.2 Å². The summed E-state index contributed by atoms with van der Waals surface area (Å²) < 4.78 is 43.3. The molecule has 2 unspecified atom stereocenters. The van der Waals surface area contributed by atoms with Gasteiger partial charge in [0, 0.05) is 24.8 Å². The van der Waals surface area contributed by atoms with Crippen LogP contribution in [0.1, 0.15) is 24.2 Å². The van der Waals surface area contributed by atoms with E-state index in [4.69, 9.17) is 25.8 Å². The number of morpholine rings is 1. The fourth-order valence-electron chi connectivity index (χ4n) is 3.41. The first kappa shape index (κ1) is 25.0. The molecule has 1 heterocycles. The van der Waals surface area contributed by atoms with Crippen LogP contribution in [-0.2, 0) is 24.3 Å². The Hall–Kier alpha value is -2.66. The highest BCUT2D eigenvalue weighted by atomic mass is 35.5. The minimum Gasteiger partial charge on any atom is -0.497 e. The van der Waals surface area contributed by atoms with E-state index in [0.717, 1.165) is 6.07 Å². The van der Waals surface area contributed by atoms with E-state index in [9.17, 15) is 18.0 Å². The van der Waals surface area contributed by atoms with Gasteiger partial charge >= 0.3 is 5.97 Å². The molecule has 0 aromatic heterocycles. The summed E-state index contributed by atoms with van der Waals surface area (Å²) in [6.07, 6.45) is -0.558. The summed E-state index contributed by atoms with van der Waals surface area (Å²) in [4.78, 5) is 24.4. The van der Waals surface area contributed by atoms with Gasteiger partial charge in [-0.05, 0) is 44.2 Å². The van der Waals surface area contributed by atoms with Gasteiger partial charge in [-0.1, -0.05) is 17.7 Å². The standard InChI is InChI=1S/C22H25ClN2O7S/c1-14-11-25(12-15(2)32-14)33(28,29)20-9-16(7-8-19(20)23)22(27)31-13-21(26)24-17-5-4-6-18(10-17)30-3/h4-10,14-15H,11-13H2,1-3H3,(H,24,26). The average molecular weight is 497 g/mol. The molecule has 0 radical (unpaired) electrons. The van der Waals surface area contributed by atoms with E-state index in [1.54, 1.807) is 38.1 Å². The zero-order valence-electron chi connectivity index (χ0n) is 18.4. The molecule has 0 spiro atoms. The van der Waals surface area contributed by atoms with Crippen molar-refractivity contribution in [1.82, 2.24) is 4.31 Å². The summed E-state index contributed by atoms with van der Waals surface area (Å²) >= 11 is 6.16. The number of methoxy groups -OCH3 is 1. The molecule has 2 atom stereocenters. The molecule has 11 heteroatoms. The van der Waals surface area contributed by atoms with E-state index in [1.807, 2.05) is 0 Å². The van der Waals surface area contributed by atoms with Gasteiger partial charge in [-0.25, -0.2) is 13.2 Å². The zero-order chi connectivity index (χ0) is 24.2. The van der Waals surface area contributed by atoms with Gasteiger partial charge in [0.15, 0.2) is 6.61 Å². The number of benzene rings is 2. The number of esters is 1. The third kappa shape index (κ3) is 6.23. The highest BCUT2D eigenvalue weighted by Crippen LogP contribution is 2.28. The molecule has 1 saturated heterocycles. The van der Waals surface area contributed by atoms with Crippen molar-refractivity contribution < 1.29 is 32.2 Å². The van der Waals surface area contributed by atoms with Gasteiger partial charge < -0.3 is 19.5 Å². The maximum absolute atomic E-state index is 13.2. The van der Waals surface area contributed by atoms with Crippen LogP contribution in [0.5, 0.6) is 5.75 Å². The third-order valence-electron chi connectivity index (χ3n) is 4.86. The van der Waals surface area contributed by atoms with Crippen molar-refractivity contribution in [3.63, 3.8) is 0 Å². The SMILES string of the molecule is COc1cccc(NC(=O)COC(=O)c2ccc(Cl)c(S(=O)(=O)N3CC(C)OC(C)C3)c2)c1. The second-order valence-corrected chi connectivity index (χ2v) is 9.89. The maximum atomic E-state index is 13.2. The number of anilines is 1. The largest absolute Gasteiger partial charge is 0.497 e. The molecule has 178 valence electrons. The van der Waals surface area contributed by atoms with E-state index in [2.05, 4.69) is 5.32 Å². The Labute approximate surface area is 197 Å². The zero-order valence-corrected chi connectivity index (χ0v) is 20.0. The number of halogens is 1. The Balaban J connectivity index is 1.69. The summed E-state index contributed by atoms with van der Waals surface area (Å²) in [6, 6.07) is 10.5. The predicted octanol–water partition coefficient (Wildman–Crippen LogP) is 2.94. The number of hydrogen-bond acceptors (Lipinski definition) is 7. The van der Waals surface area contributed by atoms with E-state index in [-0.39, 0.29) is 40.8 Å². The van der Waals surface area contributed by atoms with Crippen molar-refractivity contribution in [3.05, 3.63) is 53.1 Å². The predicted molar refractivity (Wildman–Crippen MR) is 122 cm³/mol. The van der Waals surface area contributed by atoms with Gasteiger partial charge in [0.2, 0.25) is 10.0 Å². The summed E-state index contributed by atoms with van der Waals surface area (Å²) in [5.41, 5.74) is 0.436. The van der Waals surface area contributed by atoms with E-state index in [1.165, 1.54) is 23.5 Å². The Morgan fingerprint density at radius 1 is 1.15 bits per heavy atom. The molecule has 1 aliphatic rings. The molecule has 1 fully saturated rings. The fourth-order valence-corrected chi connectivity index (χ4v) is 5.50. The van der Waals surface area contributed by atoms with E-state index < -0.39 is 28.5 Å². The molecule has 33 heavy (non-hydrogen) atoms. The number of hydrogen-bond donors (Lipinski definition) is 1. The Bertz CT molecular complexity index is 1130.